The Morgan fingerprint density at radius 1 is 1.11 bits per heavy atom. The van der Waals surface area contributed by atoms with E-state index in [1.54, 1.807) is 7.11 Å². The van der Waals surface area contributed by atoms with Crippen molar-refractivity contribution in [2.24, 2.45) is 11.8 Å². The molecule has 1 rings (SSSR count). The van der Waals surface area contributed by atoms with Gasteiger partial charge in [0.25, 0.3) is 0 Å². The summed E-state index contributed by atoms with van der Waals surface area (Å²) in [5.74, 6) is 1.55. The van der Waals surface area contributed by atoms with Crippen LogP contribution >= 0.6 is 22.6 Å². The zero-order valence-electron chi connectivity index (χ0n) is 18.2. The lowest BCUT2D eigenvalue weighted by Gasteiger charge is -2.42. The first-order valence-corrected chi connectivity index (χ1v) is 13.8. The molecule has 5 heteroatoms. The molecule has 0 bridgehead atoms. The van der Waals surface area contributed by atoms with Gasteiger partial charge in [-0.25, -0.2) is 0 Å². The Hall–Kier alpha value is -0.373. The van der Waals surface area contributed by atoms with Crippen LogP contribution in [0.25, 0.3) is 0 Å². The van der Waals surface area contributed by atoms with Crippen LogP contribution in [-0.2, 0) is 15.8 Å². The Balaban J connectivity index is 2.73. The van der Waals surface area contributed by atoms with Crippen LogP contribution in [0.5, 0.6) is 5.75 Å². The highest BCUT2D eigenvalue weighted by molar-refractivity contribution is 14.1. The van der Waals surface area contributed by atoms with Gasteiger partial charge in [-0.3, -0.25) is 0 Å². The normalized spacial score (nSPS) is 16.3. The van der Waals surface area contributed by atoms with Crippen molar-refractivity contribution in [1.82, 2.24) is 0 Å². The maximum Gasteiger partial charge on any atom is 0.192 e. The van der Waals surface area contributed by atoms with E-state index in [0.29, 0.717) is 25.0 Å². The van der Waals surface area contributed by atoms with Gasteiger partial charge in [0.05, 0.1) is 26.4 Å². The summed E-state index contributed by atoms with van der Waals surface area (Å²) < 4.78 is 20.1. The average Bonchev–Trinajstić information content (AvgIpc) is 2.59. The van der Waals surface area contributed by atoms with E-state index in [9.17, 15) is 0 Å². The van der Waals surface area contributed by atoms with Gasteiger partial charge in [-0.15, -0.1) is 0 Å². The van der Waals surface area contributed by atoms with Gasteiger partial charge in [0.15, 0.2) is 8.32 Å². The second kappa shape index (κ2) is 11.0. The van der Waals surface area contributed by atoms with Crippen molar-refractivity contribution in [3.8, 4) is 5.75 Å². The van der Waals surface area contributed by atoms with Crippen molar-refractivity contribution in [2.75, 3.05) is 13.7 Å². The number of hydrogen-bond acceptors (Lipinski definition) is 3. The molecule has 3 atom stereocenters. The summed E-state index contributed by atoms with van der Waals surface area (Å²) in [4.78, 5) is 0. The third-order valence-corrected chi connectivity index (χ3v) is 10.4. The molecule has 27 heavy (non-hydrogen) atoms. The predicted molar refractivity (Wildman–Crippen MR) is 126 cm³/mol. The molecule has 0 N–H and O–H groups in total. The topological polar surface area (TPSA) is 27.7 Å². The van der Waals surface area contributed by atoms with Crippen molar-refractivity contribution in [2.45, 2.75) is 65.5 Å². The van der Waals surface area contributed by atoms with E-state index in [0.717, 1.165) is 11.3 Å². The molecule has 1 aromatic carbocycles. The summed E-state index contributed by atoms with van der Waals surface area (Å²) in [6.07, 6.45) is 2.39. The lowest BCUT2D eigenvalue weighted by molar-refractivity contribution is 0.0195. The Morgan fingerprint density at radius 3 is 2.19 bits per heavy atom. The molecule has 0 heterocycles. The summed E-state index contributed by atoms with van der Waals surface area (Å²) in [5.41, 5.74) is 1.16. The molecule has 0 aliphatic carbocycles. The Kier molecular flexibility index (Phi) is 10.0. The third-order valence-electron chi connectivity index (χ3n) is 5.50. The zero-order chi connectivity index (χ0) is 20.7. The molecule has 0 saturated carbocycles. The maximum atomic E-state index is 6.80. The van der Waals surface area contributed by atoms with Crippen molar-refractivity contribution in [1.29, 1.82) is 0 Å². The molecular formula is C22H37IO3Si. The minimum atomic E-state index is -1.84. The van der Waals surface area contributed by atoms with E-state index in [4.69, 9.17) is 13.9 Å². The molecule has 0 fully saturated rings. The van der Waals surface area contributed by atoms with Crippen molar-refractivity contribution < 1.29 is 13.9 Å². The molecule has 0 amide bonds. The number of hydrogen-bond donors (Lipinski definition) is 0. The van der Waals surface area contributed by atoms with Crippen LogP contribution in [-0.4, -0.2) is 28.1 Å². The Labute approximate surface area is 181 Å². The van der Waals surface area contributed by atoms with E-state index in [1.807, 2.05) is 12.1 Å². The van der Waals surface area contributed by atoms with Crippen LogP contribution < -0.4 is 4.74 Å². The smallest absolute Gasteiger partial charge is 0.192 e. The third kappa shape index (κ3) is 7.87. The zero-order valence-corrected chi connectivity index (χ0v) is 21.4. The van der Waals surface area contributed by atoms with E-state index in [1.165, 1.54) is 0 Å². The van der Waals surface area contributed by atoms with Gasteiger partial charge in [-0.2, -0.15) is 0 Å². The maximum absolute atomic E-state index is 6.80. The first-order valence-electron chi connectivity index (χ1n) is 9.67. The molecule has 154 valence electrons. The van der Waals surface area contributed by atoms with Gasteiger partial charge in [0.1, 0.15) is 5.75 Å². The summed E-state index contributed by atoms with van der Waals surface area (Å²) in [5, 5.41) is 0.197. The molecule has 3 nitrogen and oxygen atoms in total. The van der Waals surface area contributed by atoms with Gasteiger partial charge in [-0.1, -0.05) is 75.4 Å². The van der Waals surface area contributed by atoms with Crippen LogP contribution in [0.1, 0.15) is 40.2 Å². The summed E-state index contributed by atoms with van der Waals surface area (Å²) >= 11 is 2.29. The van der Waals surface area contributed by atoms with Gasteiger partial charge < -0.3 is 13.9 Å². The van der Waals surface area contributed by atoms with Crippen LogP contribution in [0, 0.1) is 11.8 Å². The van der Waals surface area contributed by atoms with Crippen LogP contribution in [0.2, 0.25) is 18.1 Å². The van der Waals surface area contributed by atoms with Crippen molar-refractivity contribution >= 4 is 30.9 Å². The summed E-state index contributed by atoms with van der Waals surface area (Å²) in [6, 6.07) is 8.04. The second-order valence-corrected chi connectivity index (χ2v) is 14.3. The lowest BCUT2D eigenvalue weighted by Crippen LogP contribution is -2.47. The van der Waals surface area contributed by atoms with Gasteiger partial charge in [0.2, 0.25) is 0 Å². The molecule has 1 aromatic rings. The molecule has 0 spiro atoms. The number of methoxy groups -OCH3 is 1. The van der Waals surface area contributed by atoms with Gasteiger partial charge >= 0.3 is 0 Å². The second-order valence-electron chi connectivity index (χ2n) is 8.86. The number of benzene rings is 1. The number of ether oxygens (including phenoxy) is 2. The SMILES string of the molecule is COc1ccc(COC[C@H](C)[C@@H](O[Si](C)(C)C(C)(C)C)[C@@H](C)/C=C\I)cc1. The highest BCUT2D eigenvalue weighted by Crippen LogP contribution is 2.39. The van der Waals surface area contributed by atoms with Crippen LogP contribution in [0.4, 0.5) is 0 Å². The van der Waals surface area contributed by atoms with E-state index in [-0.39, 0.29) is 11.1 Å². The molecule has 0 aliphatic heterocycles. The van der Waals surface area contributed by atoms with Gasteiger partial charge in [-0.05, 0) is 39.9 Å². The van der Waals surface area contributed by atoms with E-state index < -0.39 is 8.32 Å². The molecule has 0 radical (unpaired) electrons. The lowest BCUT2D eigenvalue weighted by atomic mass is 9.94. The molecule has 0 aliphatic rings. The quantitative estimate of drug-likeness (QED) is 0.258. The molecule has 0 aromatic heterocycles. The molecule has 0 unspecified atom stereocenters. The number of rotatable bonds is 10. The van der Waals surface area contributed by atoms with E-state index in [2.05, 4.69) is 92.6 Å². The molecular weight excluding hydrogens is 467 g/mol. The fraction of sp³-hybridized carbons (Fsp3) is 0.636. The van der Waals surface area contributed by atoms with Crippen molar-refractivity contribution in [3.63, 3.8) is 0 Å². The summed E-state index contributed by atoms with van der Waals surface area (Å²) in [6.45, 7) is 17.3. The first kappa shape index (κ1) is 24.7. The Morgan fingerprint density at radius 2 is 1.70 bits per heavy atom. The van der Waals surface area contributed by atoms with Crippen LogP contribution in [0.15, 0.2) is 34.4 Å². The van der Waals surface area contributed by atoms with Crippen molar-refractivity contribution in [3.05, 3.63) is 40.0 Å². The largest absolute Gasteiger partial charge is 0.497 e. The standard InChI is InChI=1S/C22H37IO3Si/c1-17(13-14-23)21(26-27(7,8)22(3,4)5)18(2)15-25-16-19-9-11-20(24-6)12-10-19/h9-14,17-18,21H,15-16H2,1-8H3/b14-13-/t17-,18-,21-/m0/s1. The minimum absolute atomic E-state index is 0.160. The van der Waals surface area contributed by atoms with E-state index >= 15 is 0 Å². The monoisotopic (exact) mass is 504 g/mol. The van der Waals surface area contributed by atoms with Crippen LogP contribution in [0.3, 0.4) is 0 Å². The average molecular weight is 505 g/mol. The summed E-state index contributed by atoms with van der Waals surface area (Å²) in [7, 11) is -0.160. The first-order chi connectivity index (χ1) is 12.5. The minimum Gasteiger partial charge on any atom is -0.497 e. The Bertz CT molecular complexity index is 578. The molecule has 0 saturated heterocycles. The predicted octanol–water partition coefficient (Wildman–Crippen LogP) is 6.82. The highest BCUT2D eigenvalue weighted by atomic mass is 127. The fourth-order valence-corrected chi connectivity index (χ4v) is 4.80. The fourth-order valence-electron chi connectivity index (χ4n) is 2.66. The highest BCUT2D eigenvalue weighted by Gasteiger charge is 2.41. The number of halogens is 1. The van der Waals surface area contributed by atoms with Gasteiger partial charge in [0, 0.05) is 11.8 Å².